The highest BCUT2D eigenvalue weighted by atomic mass is 19.1. The van der Waals surface area contributed by atoms with Crippen LogP contribution in [0.5, 0.6) is 0 Å². The van der Waals surface area contributed by atoms with Gasteiger partial charge < -0.3 is 20.5 Å². The van der Waals surface area contributed by atoms with E-state index in [-0.39, 0.29) is 30.9 Å². The van der Waals surface area contributed by atoms with Gasteiger partial charge in [-0.2, -0.15) is 0 Å². The van der Waals surface area contributed by atoms with E-state index in [1.807, 2.05) is 0 Å². The Kier molecular flexibility index (Phi) is 5.18. The number of aryl methyl sites for hydroxylation is 1. The van der Waals surface area contributed by atoms with Crippen LogP contribution < -0.4 is 10.6 Å². The zero-order valence-electron chi connectivity index (χ0n) is 13.4. The maximum absolute atomic E-state index is 14.2. The van der Waals surface area contributed by atoms with Gasteiger partial charge in [-0.1, -0.05) is 0 Å². The van der Waals surface area contributed by atoms with E-state index >= 15 is 0 Å². The van der Waals surface area contributed by atoms with E-state index in [0.717, 1.165) is 6.07 Å². The van der Waals surface area contributed by atoms with Gasteiger partial charge in [0.2, 0.25) is 5.91 Å². The molecule has 0 saturated heterocycles. The number of carboxylic acid groups (broad SMARTS) is 1. The molecule has 7 nitrogen and oxygen atoms in total. The fraction of sp³-hybridized carbons (Fsp3) is 0.438. The Balaban J connectivity index is 2.25. The number of halogens is 1. The van der Waals surface area contributed by atoms with Crippen molar-refractivity contribution in [2.45, 2.75) is 31.7 Å². The number of hydrogen-bond donors (Lipinski definition) is 3. The molecule has 1 unspecified atom stereocenters. The highest BCUT2D eigenvalue weighted by Crippen LogP contribution is 2.26. The van der Waals surface area contributed by atoms with Gasteiger partial charge in [-0.25, -0.2) is 4.39 Å². The summed E-state index contributed by atoms with van der Waals surface area (Å²) in [5.41, 5.74) is -0.357. The van der Waals surface area contributed by atoms with E-state index in [4.69, 9.17) is 9.84 Å². The molecule has 0 spiro atoms. The molecule has 1 aliphatic heterocycles. The predicted octanol–water partition coefficient (Wildman–Crippen LogP) is 1.32. The topological polar surface area (TPSA) is 105 Å². The van der Waals surface area contributed by atoms with Crippen LogP contribution in [0.1, 0.15) is 35.7 Å². The van der Waals surface area contributed by atoms with Gasteiger partial charge in [0.25, 0.3) is 5.91 Å². The minimum atomic E-state index is -1.17. The summed E-state index contributed by atoms with van der Waals surface area (Å²) < 4.78 is 19.2. The number of carbonyl (C=O) groups is 3. The Hall–Kier alpha value is -2.48. The lowest BCUT2D eigenvalue weighted by molar-refractivity contribution is -0.139. The molecule has 0 saturated carbocycles. The van der Waals surface area contributed by atoms with Crippen molar-refractivity contribution >= 4 is 23.5 Å². The van der Waals surface area contributed by atoms with Crippen LogP contribution in [0.3, 0.4) is 0 Å². The van der Waals surface area contributed by atoms with E-state index < -0.39 is 23.2 Å². The van der Waals surface area contributed by atoms with Crippen molar-refractivity contribution < 1.29 is 28.6 Å². The van der Waals surface area contributed by atoms with Gasteiger partial charge in [-0.15, -0.1) is 0 Å². The van der Waals surface area contributed by atoms with E-state index in [2.05, 4.69) is 10.6 Å². The lowest BCUT2D eigenvalue weighted by Gasteiger charge is -2.29. The van der Waals surface area contributed by atoms with Crippen molar-refractivity contribution in [1.29, 1.82) is 0 Å². The summed E-state index contributed by atoms with van der Waals surface area (Å²) in [7, 11) is 1.38. The van der Waals surface area contributed by atoms with Crippen molar-refractivity contribution in [1.82, 2.24) is 5.32 Å². The maximum atomic E-state index is 14.2. The summed E-state index contributed by atoms with van der Waals surface area (Å²) in [6.07, 6.45) is 0.307. The lowest BCUT2D eigenvalue weighted by Crippen LogP contribution is -2.51. The molecule has 1 aromatic rings. The number of fused-ring (bicyclic) bond motifs is 1. The predicted molar refractivity (Wildman–Crippen MR) is 83.4 cm³/mol. The molecule has 0 radical (unpaired) electrons. The number of rotatable bonds is 6. The monoisotopic (exact) mass is 338 g/mol. The second-order valence-corrected chi connectivity index (χ2v) is 6.06. The molecule has 2 rings (SSSR count). The SMILES string of the molecule is COCC(C)(CC(=O)O)NC(=O)c1cc2c(cc1F)NC(=O)CC2. The van der Waals surface area contributed by atoms with Gasteiger partial charge in [0.1, 0.15) is 5.82 Å². The Morgan fingerprint density at radius 2 is 2.12 bits per heavy atom. The van der Waals surface area contributed by atoms with Crippen LogP contribution in [0.25, 0.3) is 0 Å². The van der Waals surface area contributed by atoms with Crippen molar-refractivity contribution in [3.8, 4) is 0 Å². The van der Waals surface area contributed by atoms with Crippen molar-refractivity contribution in [3.05, 3.63) is 29.1 Å². The molecule has 1 aliphatic rings. The van der Waals surface area contributed by atoms with Gasteiger partial charge in [-0.3, -0.25) is 14.4 Å². The molecule has 130 valence electrons. The summed E-state index contributed by atoms with van der Waals surface area (Å²) in [6, 6.07) is 2.49. The van der Waals surface area contributed by atoms with Gasteiger partial charge in [0.05, 0.1) is 24.1 Å². The van der Waals surface area contributed by atoms with Crippen LogP contribution in [0.2, 0.25) is 0 Å². The van der Waals surface area contributed by atoms with Gasteiger partial charge in [0.15, 0.2) is 0 Å². The fourth-order valence-electron chi connectivity index (χ4n) is 2.70. The zero-order valence-corrected chi connectivity index (χ0v) is 13.4. The standard InChI is InChI=1S/C16H19FN2O5/c1-16(8-24-2,7-14(21)22)19-15(23)10-5-9-3-4-13(20)18-12(9)6-11(10)17/h5-6H,3-4,7-8H2,1-2H3,(H,18,20)(H,19,23)(H,21,22). The number of carboxylic acids is 1. The first kappa shape index (κ1) is 17.9. The minimum Gasteiger partial charge on any atom is -0.481 e. The second kappa shape index (κ2) is 6.96. The number of ether oxygens (including phenoxy) is 1. The molecule has 1 aromatic carbocycles. The first-order valence-electron chi connectivity index (χ1n) is 7.39. The lowest BCUT2D eigenvalue weighted by atomic mass is 9.96. The Morgan fingerprint density at radius 3 is 2.75 bits per heavy atom. The number of aliphatic carboxylic acids is 1. The summed E-state index contributed by atoms with van der Waals surface area (Å²) in [5, 5.41) is 14.1. The third-order valence-corrected chi connectivity index (χ3v) is 3.75. The Morgan fingerprint density at radius 1 is 1.42 bits per heavy atom. The largest absolute Gasteiger partial charge is 0.481 e. The summed E-state index contributed by atoms with van der Waals surface area (Å²) in [6.45, 7) is 1.48. The highest BCUT2D eigenvalue weighted by Gasteiger charge is 2.31. The third-order valence-electron chi connectivity index (χ3n) is 3.75. The molecule has 2 amide bonds. The van der Waals surface area contributed by atoms with Crippen LogP contribution in [0, 0.1) is 5.82 Å². The fourth-order valence-corrected chi connectivity index (χ4v) is 2.70. The molecular weight excluding hydrogens is 319 g/mol. The average Bonchev–Trinajstić information content (AvgIpc) is 2.45. The molecule has 0 aromatic heterocycles. The number of carbonyl (C=O) groups excluding carboxylic acids is 2. The first-order valence-corrected chi connectivity index (χ1v) is 7.39. The number of methoxy groups -OCH3 is 1. The van der Waals surface area contributed by atoms with Crippen molar-refractivity contribution in [2.75, 3.05) is 19.0 Å². The molecule has 24 heavy (non-hydrogen) atoms. The quantitative estimate of drug-likeness (QED) is 0.725. The van der Waals surface area contributed by atoms with Crippen LogP contribution in [-0.2, 0) is 20.7 Å². The Bertz CT molecular complexity index is 691. The second-order valence-electron chi connectivity index (χ2n) is 6.06. The minimum absolute atomic E-state index is 0.0341. The molecule has 0 bridgehead atoms. The van der Waals surface area contributed by atoms with Crippen LogP contribution in [-0.4, -0.2) is 42.1 Å². The van der Waals surface area contributed by atoms with Gasteiger partial charge in [-0.05, 0) is 31.0 Å². The maximum Gasteiger partial charge on any atom is 0.305 e. The molecule has 8 heteroatoms. The van der Waals surface area contributed by atoms with Gasteiger partial charge >= 0.3 is 5.97 Å². The molecule has 1 heterocycles. The molecule has 1 atom stereocenters. The summed E-state index contributed by atoms with van der Waals surface area (Å²) in [4.78, 5) is 34.7. The number of amides is 2. The van der Waals surface area contributed by atoms with Crippen molar-refractivity contribution in [2.24, 2.45) is 0 Å². The Labute approximate surface area is 138 Å². The summed E-state index contributed by atoms with van der Waals surface area (Å²) in [5.74, 6) is -2.83. The molecule has 0 aliphatic carbocycles. The number of benzene rings is 1. The summed E-state index contributed by atoms with van der Waals surface area (Å²) >= 11 is 0. The van der Waals surface area contributed by atoms with Crippen LogP contribution >= 0.6 is 0 Å². The van der Waals surface area contributed by atoms with Crippen LogP contribution in [0.15, 0.2) is 12.1 Å². The smallest absolute Gasteiger partial charge is 0.305 e. The first-order chi connectivity index (χ1) is 11.2. The van der Waals surface area contributed by atoms with E-state index in [1.54, 1.807) is 0 Å². The molecule has 0 fully saturated rings. The normalized spacial score (nSPS) is 15.9. The van der Waals surface area contributed by atoms with E-state index in [1.165, 1.54) is 20.1 Å². The molecular formula is C16H19FN2O5. The van der Waals surface area contributed by atoms with Crippen molar-refractivity contribution in [3.63, 3.8) is 0 Å². The number of nitrogens with one attached hydrogen (secondary N) is 2. The third kappa shape index (κ3) is 4.08. The number of hydrogen-bond acceptors (Lipinski definition) is 4. The highest BCUT2D eigenvalue weighted by molar-refractivity contribution is 5.98. The molecule has 3 N–H and O–H groups in total. The average molecular weight is 338 g/mol. The van der Waals surface area contributed by atoms with Gasteiger partial charge in [0, 0.05) is 19.2 Å². The number of anilines is 1. The van der Waals surface area contributed by atoms with E-state index in [0.29, 0.717) is 17.7 Å². The van der Waals surface area contributed by atoms with E-state index in [9.17, 15) is 18.8 Å². The van der Waals surface area contributed by atoms with Crippen LogP contribution in [0.4, 0.5) is 10.1 Å². The zero-order chi connectivity index (χ0) is 17.9.